The summed E-state index contributed by atoms with van der Waals surface area (Å²) in [6.45, 7) is 4.21. The molecule has 0 bridgehead atoms. The summed E-state index contributed by atoms with van der Waals surface area (Å²) in [6.07, 6.45) is 3.64. The molecule has 7 heteroatoms. The SMILES string of the molecule is Cc1nc(C(=O)NCc2ccc(-n3cccn3)cc2C)n(C)n1. The fraction of sp³-hybridized carbons (Fsp3) is 0.250. The molecule has 1 amide bonds. The molecule has 7 nitrogen and oxygen atoms in total. The van der Waals surface area contributed by atoms with Crippen LogP contribution in [-0.4, -0.2) is 30.5 Å². The summed E-state index contributed by atoms with van der Waals surface area (Å²) in [4.78, 5) is 16.3. The van der Waals surface area contributed by atoms with Crippen molar-refractivity contribution in [3.63, 3.8) is 0 Å². The van der Waals surface area contributed by atoms with Gasteiger partial charge >= 0.3 is 0 Å². The first-order valence-corrected chi connectivity index (χ1v) is 7.30. The number of aromatic nitrogens is 5. The molecule has 0 spiro atoms. The Morgan fingerprint density at radius 2 is 2.13 bits per heavy atom. The van der Waals surface area contributed by atoms with Gasteiger partial charge in [0, 0.05) is 26.0 Å². The molecule has 1 aromatic carbocycles. The third-order valence-electron chi connectivity index (χ3n) is 3.61. The Morgan fingerprint density at radius 3 is 2.74 bits per heavy atom. The highest BCUT2D eigenvalue weighted by Gasteiger charge is 2.13. The molecule has 0 fully saturated rings. The number of amides is 1. The Hall–Kier alpha value is -2.96. The van der Waals surface area contributed by atoms with Gasteiger partial charge in [-0.2, -0.15) is 10.2 Å². The third kappa shape index (κ3) is 3.13. The van der Waals surface area contributed by atoms with E-state index in [-0.39, 0.29) is 5.91 Å². The minimum Gasteiger partial charge on any atom is -0.345 e. The largest absolute Gasteiger partial charge is 0.345 e. The molecule has 0 saturated heterocycles. The summed E-state index contributed by atoms with van der Waals surface area (Å²) < 4.78 is 3.29. The zero-order valence-electron chi connectivity index (χ0n) is 13.3. The molecule has 0 aliphatic rings. The van der Waals surface area contributed by atoms with Crippen molar-refractivity contribution in [1.82, 2.24) is 29.9 Å². The highest BCUT2D eigenvalue weighted by Crippen LogP contribution is 2.14. The molecule has 3 rings (SSSR count). The van der Waals surface area contributed by atoms with Gasteiger partial charge in [-0.3, -0.25) is 4.79 Å². The van der Waals surface area contributed by atoms with E-state index in [0.717, 1.165) is 16.8 Å². The normalized spacial score (nSPS) is 10.7. The van der Waals surface area contributed by atoms with Crippen LogP contribution in [0.3, 0.4) is 0 Å². The molecule has 0 saturated carbocycles. The molecular formula is C16H18N6O. The fourth-order valence-electron chi connectivity index (χ4n) is 2.41. The smallest absolute Gasteiger partial charge is 0.289 e. The van der Waals surface area contributed by atoms with E-state index in [0.29, 0.717) is 18.2 Å². The Labute approximate surface area is 134 Å². The van der Waals surface area contributed by atoms with Crippen LogP contribution in [0.15, 0.2) is 36.7 Å². The van der Waals surface area contributed by atoms with Crippen molar-refractivity contribution in [3.8, 4) is 5.69 Å². The number of hydrogen-bond donors (Lipinski definition) is 1. The quantitative estimate of drug-likeness (QED) is 0.793. The van der Waals surface area contributed by atoms with Crippen molar-refractivity contribution < 1.29 is 4.79 Å². The molecule has 118 valence electrons. The molecule has 1 N–H and O–H groups in total. The van der Waals surface area contributed by atoms with Crippen LogP contribution in [0.4, 0.5) is 0 Å². The maximum absolute atomic E-state index is 12.2. The van der Waals surface area contributed by atoms with E-state index < -0.39 is 0 Å². The van der Waals surface area contributed by atoms with Gasteiger partial charge in [-0.05, 0) is 43.2 Å². The molecule has 23 heavy (non-hydrogen) atoms. The second kappa shape index (κ2) is 6.04. The first-order valence-electron chi connectivity index (χ1n) is 7.30. The molecule has 2 aromatic heterocycles. The number of benzene rings is 1. The second-order valence-electron chi connectivity index (χ2n) is 5.35. The Kier molecular flexibility index (Phi) is 3.92. The van der Waals surface area contributed by atoms with Gasteiger partial charge < -0.3 is 5.32 Å². The lowest BCUT2D eigenvalue weighted by Gasteiger charge is -2.10. The molecule has 0 unspecified atom stereocenters. The van der Waals surface area contributed by atoms with Gasteiger partial charge in [0.2, 0.25) is 5.82 Å². The summed E-state index contributed by atoms with van der Waals surface area (Å²) in [5.41, 5.74) is 3.13. The van der Waals surface area contributed by atoms with Crippen LogP contribution in [0.2, 0.25) is 0 Å². The third-order valence-corrected chi connectivity index (χ3v) is 3.61. The molecule has 2 heterocycles. The van der Waals surface area contributed by atoms with Crippen molar-refractivity contribution in [2.24, 2.45) is 7.05 Å². The average molecular weight is 310 g/mol. The number of nitrogens with one attached hydrogen (secondary N) is 1. The van der Waals surface area contributed by atoms with E-state index in [1.807, 2.05) is 37.4 Å². The average Bonchev–Trinajstić information content (AvgIpc) is 3.15. The summed E-state index contributed by atoms with van der Waals surface area (Å²) in [6, 6.07) is 7.90. The predicted octanol–water partition coefficient (Wildman–Crippen LogP) is 1.55. The lowest BCUT2D eigenvalue weighted by Crippen LogP contribution is -2.26. The molecule has 0 aliphatic heterocycles. The van der Waals surface area contributed by atoms with Crippen LogP contribution in [0.1, 0.15) is 27.6 Å². The van der Waals surface area contributed by atoms with E-state index in [4.69, 9.17) is 0 Å². The molecule has 3 aromatic rings. The van der Waals surface area contributed by atoms with Crippen LogP contribution in [-0.2, 0) is 13.6 Å². The van der Waals surface area contributed by atoms with Crippen LogP contribution in [0, 0.1) is 13.8 Å². The second-order valence-corrected chi connectivity index (χ2v) is 5.35. The van der Waals surface area contributed by atoms with E-state index >= 15 is 0 Å². The van der Waals surface area contributed by atoms with Crippen molar-refractivity contribution in [2.45, 2.75) is 20.4 Å². The lowest BCUT2D eigenvalue weighted by molar-refractivity contribution is 0.0936. The van der Waals surface area contributed by atoms with Gasteiger partial charge in [-0.25, -0.2) is 14.3 Å². The van der Waals surface area contributed by atoms with E-state index in [9.17, 15) is 4.79 Å². The van der Waals surface area contributed by atoms with Gasteiger partial charge in [0.1, 0.15) is 5.82 Å². The van der Waals surface area contributed by atoms with Crippen LogP contribution >= 0.6 is 0 Å². The topological polar surface area (TPSA) is 77.6 Å². The number of hydrogen-bond acceptors (Lipinski definition) is 4. The van der Waals surface area contributed by atoms with Gasteiger partial charge in [-0.15, -0.1) is 0 Å². The number of rotatable bonds is 4. The van der Waals surface area contributed by atoms with Crippen molar-refractivity contribution >= 4 is 5.91 Å². The zero-order chi connectivity index (χ0) is 16.4. The number of carbonyl (C=O) groups excluding carboxylic acids is 1. The van der Waals surface area contributed by atoms with Crippen LogP contribution in [0.5, 0.6) is 0 Å². The highest BCUT2D eigenvalue weighted by atomic mass is 16.2. The fourth-order valence-corrected chi connectivity index (χ4v) is 2.41. The zero-order valence-corrected chi connectivity index (χ0v) is 13.3. The van der Waals surface area contributed by atoms with Crippen molar-refractivity contribution in [3.05, 3.63) is 59.4 Å². The Morgan fingerprint density at radius 1 is 1.30 bits per heavy atom. The van der Waals surface area contributed by atoms with Gasteiger partial charge in [0.05, 0.1) is 5.69 Å². The molecule has 0 atom stereocenters. The molecular weight excluding hydrogens is 292 g/mol. The maximum atomic E-state index is 12.2. The maximum Gasteiger partial charge on any atom is 0.289 e. The van der Waals surface area contributed by atoms with Crippen molar-refractivity contribution in [2.75, 3.05) is 0 Å². The van der Waals surface area contributed by atoms with E-state index in [1.165, 1.54) is 4.68 Å². The summed E-state index contributed by atoms with van der Waals surface area (Å²) in [7, 11) is 1.71. The monoisotopic (exact) mass is 310 g/mol. The molecule has 0 aliphatic carbocycles. The van der Waals surface area contributed by atoms with Crippen LogP contribution < -0.4 is 5.32 Å². The minimum absolute atomic E-state index is 0.233. The van der Waals surface area contributed by atoms with Crippen LogP contribution in [0.25, 0.3) is 5.69 Å². The van der Waals surface area contributed by atoms with Gasteiger partial charge in [0.15, 0.2) is 0 Å². The number of nitrogens with zero attached hydrogens (tertiary/aromatic N) is 5. The number of aryl methyl sites for hydroxylation is 3. The summed E-state index contributed by atoms with van der Waals surface area (Å²) in [5.74, 6) is 0.661. The van der Waals surface area contributed by atoms with Gasteiger partial charge in [0.25, 0.3) is 5.91 Å². The highest BCUT2D eigenvalue weighted by molar-refractivity contribution is 5.90. The Bertz CT molecular complexity index is 834. The van der Waals surface area contributed by atoms with Crippen molar-refractivity contribution in [1.29, 1.82) is 0 Å². The lowest BCUT2D eigenvalue weighted by atomic mass is 10.1. The first kappa shape index (κ1) is 15.0. The first-order chi connectivity index (χ1) is 11.0. The number of carbonyl (C=O) groups is 1. The standard InChI is InChI=1S/C16H18N6O/c1-11-9-14(22-8-4-7-18-22)6-5-13(11)10-17-16(23)15-19-12(2)20-21(15)3/h4-9H,10H2,1-3H3,(H,17,23). The summed E-state index contributed by atoms with van der Waals surface area (Å²) in [5, 5.41) is 11.2. The predicted molar refractivity (Wildman–Crippen MR) is 85.2 cm³/mol. The Balaban J connectivity index is 1.71. The van der Waals surface area contributed by atoms with E-state index in [2.05, 4.69) is 20.5 Å². The van der Waals surface area contributed by atoms with E-state index in [1.54, 1.807) is 24.9 Å². The minimum atomic E-state index is -0.233. The van der Waals surface area contributed by atoms with Gasteiger partial charge in [-0.1, -0.05) is 6.07 Å². The molecule has 0 radical (unpaired) electrons. The summed E-state index contributed by atoms with van der Waals surface area (Å²) >= 11 is 0.